The van der Waals surface area contributed by atoms with Gasteiger partial charge < -0.3 is 20.2 Å². The van der Waals surface area contributed by atoms with E-state index in [1.165, 1.54) is 9.13 Å². The Morgan fingerprint density at radius 2 is 1.45 bits per heavy atom. The summed E-state index contributed by atoms with van der Waals surface area (Å²) in [6.07, 6.45) is 4.10. The minimum Gasteiger partial charge on any atom is -0.394 e. The smallest absolute Gasteiger partial charge is 0.274 e. The van der Waals surface area contributed by atoms with Crippen LogP contribution in [0.4, 0.5) is 11.4 Å². The number of hydrogen-bond acceptors (Lipinski definition) is 5. The van der Waals surface area contributed by atoms with E-state index >= 15 is 0 Å². The Balaban J connectivity index is 0.000000455. The van der Waals surface area contributed by atoms with Crippen LogP contribution in [0.2, 0.25) is 0 Å². The first-order valence-corrected chi connectivity index (χ1v) is 10.3. The van der Waals surface area contributed by atoms with Gasteiger partial charge in [-0.3, -0.25) is 19.2 Å². The van der Waals surface area contributed by atoms with Crippen LogP contribution in [0.15, 0.2) is 43.1 Å². The highest BCUT2D eigenvalue weighted by Gasteiger charge is 2.05. The first-order chi connectivity index (χ1) is 13.4. The number of halogens is 3. The fraction of sp³-hybridized carbons (Fsp3) is 0.333. The minimum atomic E-state index is -0.273. The summed E-state index contributed by atoms with van der Waals surface area (Å²) < 4.78 is 4.41. The molecule has 0 bridgehead atoms. The Morgan fingerprint density at radius 3 is 1.86 bits per heavy atom. The summed E-state index contributed by atoms with van der Waals surface area (Å²) in [5.74, 6) is -0.166. The predicted octanol–water partition coefficient (Wildman–Crippen LogP) is 3.39. The first kappa shape index (κ1) is 27.1. The number of nitrogens with zero attached hydrogens (tertiary/aromatic N) is 2. The van der Waals surface area contributed by atoms with E-state index in [1.54, 1.807) is 52.5 Å². The number of pyridine rings is 2. The molecular weight excluding hydrogens is 531 g/mol. The molecule has 0 fully saturated rings. The summed E-state index contributed by atoms with van der Waals surface area (Å²) in [4.78, 5) is 43.1. The third-order valence-corrected chi connectivity index (χ3v) is 4.34. The van der Waals surface area contributed by atoms with E-state index in [0.717, 1.165) is 8.95 Å². The molecule has 0 atom stereocenters. The summed E-state index contributed by atoms with van der Waals surface area (Å²) in [5.41, 5.74) is 5.54. The average molecular weight is 555 g/mol. The number of amides is 1. The standard InChI is InChI=1S/C9H11BrN2O2.C6H7BrN2O.C3H5ClO/c1-3-8(13)11-7-4-6(10)5-12(2)9(7)14;1-9-3-4(7)2-5(8)6(9)10;1-2-3(4)5/h4-5H,3H2,1-2H3,(H,11,13);2-3H,8H2,1H3;2H2,1H3. The SMILES string of the molecule is CCC(=O)Cl.CCC(=O)Nc1cc(Br)cn(C)c1=O.Cn1cc(Br)cc(N)c1=O. The molecule has 29 heavy (non-hydrogen) atoms. The fourth-order valence-corrected chi connectivity index (χ4v) is 2.78. The molecule has 0 saturated carbocycles. The molecule has 0 aromatic carbocycles. The lowest BCUT2D eigenvalue weighted by Gasteiger charge is -2.05. The molecule has 0 saturated heterocycles. The van der Waals surface area contributed by atoms with Crippen molar-refractivity contribution < 1.29 is 9.59 Å². The zero-order chi connectivity index (χ0) is 22.7. The van der Waals surface area contributed by atoms with Gasteiger partial charge in [-0.25, -0.2) is 0 Å². The number of nitrogens with one attached hydrogen (secondary N) is 1. The molecular formula is C18H23Br2ClN4O4. The highest BCUT2D eigenvalue weighted by atomic mass is 79.9. The van der Waals surface area contributed by atoms with E-state index in [-0.39, 0.29) is 28.0 Å². The Bertz CT molecular complexity index is 947. The van der Waals surface area contributed by atoms with E-state index < -0.39 is 0 Å². The zero-order valence-electron chi connectivity index (χ0n) is 16.5. The van der Waals surface area contributed by atoms with Gasteiger partial charge in [-0.1, -0.05) is 13.8 Å². The molecule has 1 amide bonds. The lowest BCUT2D eigenvalue weighted by Crippen LogP contribution is -2.23. The molecule has 0 spiro atoms. The summed E-state index contributed by atoms with van der Waals surface area (Å²) >= 11 is 11.3. The van der Waals surface area contributed by atoms with E-state index in [1.807, 2.05) is 0 Å². The molecule has 0 aliphatic heterocycles. The van der Waals surface area contributed by atoms with E-state index in [9.17, 15) is 19.2 Å². The van der Waals surface area contributed by atoms with Crippen molar-refractivity contribution >= 4 is 66.0 Å². The molecule has 11 heteroatoms. The maximum absolute atomic E-state index is 11.5. The maximum Gasteiger partial charge on any atom is 0.274 e. The van der Waals surface area contributed by atoms with Crippen LogP contribution in [-0.2, 0) is 23.7 Å². The number of anilines is 2. The quantitative estimate of drug-likeness (QED) is 0.565. The first-order valence-electron chi connectivity index (χ1n) is 8.38. The number of nitrogens with two attached hydrogens (primary N) is 1. The summed E-state index contributed by atoms with van der Waals surface area (Å²) in [7, 11) is 3.29. The number of rotatable bonds is 3. The van der Waals surface area contributed by atoms with Crippen molar-refractivity contribution in [2.75, 3.05) is 11.1 Å². The molecule has 2 aromatic rings. The second-order valence-electron chi connectivity index (χ2n) is 5.63. The van der Waals surface area contributed by atoms with E-state index in [0.29, 0.717) is 18.5 Å². The van der Waals surface area contributed by atoms with Gasteiger partial charge in [0.2, 0.25) is 11.1 Å². The van der Waals surface area contributed by atoms with Crippen LogP contribution in [0.5, 0.6) is 0 Å². The molecule has 0 aliphatic rings. The second kappa shape index (κ2) is 13.3. The van der Waals surface area contributed by atoms with Crippen molar-refractivity contribution in [3.05, 3.63) is 54.2 Å². The molecule has 2 heterocycles. The van der Waals surface area contributed by atoms with Crippen LogP contribution in [0, 0.1) is 0 Å². The van der Waals surface area contributed by atoms with Crippen LogP contribution in [0.3, 0.4) is 0 Å². The van der Waals surface area contributed by atoms with Gasteiger partial charge in [0.25, 0.3) is 11.1 Å². The second-order valence-corrected chi connectivity index (χ2v) is 7.88. The molecule has 2 aromatic heterocycles. The molecule has 0 aliphatic carbocycles. The normalized spacial score (nSPS) is 9.48. The van der Waals surface area contributed by atoms with Gasteiger partial charge in [0.15, 0.2) is 0 Å². The van der Waals surface area contributed by atoms with E-state index in [2.05, 4.69) is 37.2 Å². The van der Waals surface area contributed by atoms with Crippen molar-refractivity contribution in [2.45, 2.75) is 26.7 Å². The number of aromatic nitrogens is 2. The van der Waals surface area contributed by atoms with Gasteiger partial charge in [0.05, 0.1) is 5.69 Å². The highest BCUT2D eigenvalue weighted by Crippen LogP contribution is 2.11. The van der Waals surface area contributed by atoms with Gasteiger partial charge in [-0.05, 0) is 55.6 Å². The fourth-order valence-electron chi connectivity index (χ4n) is 1.69. The number of carbonyl (C=O) groups is 2. The largest absolute Gasteiger partial charge is 0.394 e. The third-order valence-electron chi connectivity index (χ3n) is 3.20. The molecule has 2 rings (SSSR count). The lowest BCUT2D eigenvalue weighted by atomic mass is 10.3. The Kier molecular flexibility index (Phi) is 12.5. The Hall–Kier alpha value is -1.91. The molecule has 0 unspecified atom stereocenters. The Labute approximate surface area is 190 Å². The van der Waals surface area contributed by atoms with Gasteiger partial charge in [0, 0.05) is 48.3 Å². The van der Waals surface area contributed by atoms with Crippen molar-refractivity contribution in [3.8, 4) is 0 Å². The van der Waals surface area contributed by atoms with Gasteiger partial charge in [-0.15, -0.1) is 0 Å². The van der Waals surface area contributed by atoms with Gasteiger partial charge in [0.1, 0.15) is 5.69 Å². The predicted molar refractivity (Wildman–Crippen MR) is 123 cm³/mol. The van der Waals surface area contributed by atoms with Crippen LogP contribution in [-0.4, -0.2) is 20.3 Å². The molecule has 0 radical (unpaired) electrons. The van der Waals surface area contributed by atoms with Gasteiger partial charge in [-0.2, -0.15) is 0 Å². The zero-order valence-corrected chi connectivity index (χ0v) is 20.4. The molecule has 3 N–H and O–H groups in total. The van der Waals surface area contributed by atoms with Crippen molar-refractivity contribution in [2.24, 2.45) is 14.1 Å². The number of carbonyl (C=O) groups excluding carboxylic acids is 2. The lowest BCUT2D eigenvalue weighted by molar-refractivity contribution is -0.116. The topological polar surface area (TPSA) is 116 Å². The van der Waals surface area contributed by atoms with Crippen LogP contribution < -0.4 is 22.2 Å². The minimum absolute atomic E-state index is 0.164. The molecule has 8 nitrogen and oxygen atoms in total. The summed E-state index contributed by atoms with van der Waals surface area (Å²) in [5, 5.41) is 2.27. The molecule has 160 valence electrons. The highest BCUT2D eigenvalue weighted by molar-refractivity contribution is 9.10. The number of hydrogen-bond donors (Lipinski definition) is 2. The maximum atomic E-state index is 11.5. The average Bonchev–Trinajstić information content (AvgIpc) is 2.64. The Morgan fingerprint density at radius 1 is 1.00 bits per heavy atom. The van der Waals surface area contributed by atoms with Crippen molar-refractivity contribution in [1.82, 2.24) is 9.13 Å². The third kappa shape index (κ3) is 10.4. The van der Waals surface area contributed by atoms with Crippen molar-refractivity contribution in [1.29, 1.82) is 0 Å². The van der Waals surface area contributed by atoms with Crippen LogP contribution >= 0.6 is 43.5 Å². The van der Waals surface area contributed by atoms with Crippen LogP contribution in [0.25, 0.3) is 0 Å². The van der Waals surface area contributed by atoms with E-state index in [4.69, 9.17) is 17.3 Å². The number of nitrogen functional groups attached to an aromatic ring is 1. The summed E-state index contributed by atoms with van der Waals surface area (Å²) in [6, 6.07) is 3.18. The van der Waals surface area contributed by atoms with Gasteiger partial charge >= 0.3 is 0 Å². The van der Waals surface area contributed by atoms with Crippen molar-refractivity contribution in [3.63, 3.8) is 0 Å². The summed E-state index contributed by atoms with van der Waals surface area (Å²) in [6.45, 7) is 3.45. The number of aryl methyl sites for hydroxylation is 2. The monoisotopic (exact) mass is 552 g/mol. The van der Waals surface area contributed by atoms with Crippen LogP contribution in [0.1, 0.15) is 26.7 Å².